The number of carbonyl (C=O) groups is 3. The molecule has 3 rings (SSSR count). The van der Waals surface area contributed by atoms with Crippen LogP contribution < -0.4 is 0 Å². The molecule has 1 aromatic heterocycles. The Hall–Kier alpha value is -1.69. The molecule has 0 N–H and O–H groups in total. The number of hydrogen-bond acceptors (Lipinski definition) is 4. The predicted molar refractivity (Wildman–Crippen MR) is 88.6 cm³/mol. The molecule has 6 heteroatoms. The number of ketones is 1. The highest BCUT2D eigenvalue weighted by molar-refractivity contribution is 7.12. The molecule has 124 valence electrons. The van der Waals surface area contributed by atoms with Gasteiger partial charge in [-0.25, -0.2) is 0 Å². The Labute approximate surface area is 140 Å². The van der Waals surface area contributed by atoms with Gasteiger partial charge in [0.05, 0.1) is 17.8 Å². The Morgan fingerprint density at radius 1 is 1.26 bits per heavy atom. The Morgan fingerprint density at radius 2 is 2.00 bits per heavy atom. The van der Waals surface area contributed by atoms with Crippen LogP contribution in [0.2, 0.25) is 0 Å². The van der Waals surface area contributed by atoms with Gasteiger partial charge < -0.3 is 9.80 Å². The number of amides is 2. The maximum Gasteiger partial charge on any atom is 0.242 e. The molecule has 1 aliphatic heterocycles. The minimum Gasteiger partial charge on any atom is -0.336 e. The average molecular weight is 334 g/mol. The van der Waals surface area contributed by atoms with Crippen LogP contribution in [0.1, 0.15) is 47.8 Å². The van der Waals surface area contributed by atoms with E-state index in [1.165, 1.54) is 31.1 Å². The largest absolute Gasteiger partial charge is 0.336 e. The third-order valence-corrected chi connectivity index (χ3v) is 5.81. The lowest BCUT2D eigenvalue weighted by Crippen LogP contribution is -2.55. The summed E-state index contributed by atoms with van der Waals surface area (Å²) in [5.41, 5.74) is 0.857. The third kappa shape index (κ3) is 3.63. The van der Waals surface area contributed by atoms with Crippen molar-refractivity contribution in [1.29, 1.82) is 0 Å². The molecular formula is C17H22N2O3S. The van der Waals surface area contributed by atoms with E-state index in [2.05, 4.69) is 0 Å². The topological polar surface area (TPSA) is 57.7 Å². The number of hydrogen-bond donors (Lipinski definition) is 0. The molecule has 2 amide bonds. The first kappa shape index (κ1) is 16.2. The quantitative estimate of drug-likeness (QED) is 0.793. The van der Waals surface area contributed by atoms with E-state index < -0.39 is 0 Å². The first-order valence-corrected chi connectivity index (χ1v) is 9.08. The Kier molecular flexibility index (Phi) is 4.80. The van der Waals surface area contributed by atoms with Gasteiger partial charge in [0, 0.05) is 19.1 Å². The fourth-order valence-electron chi connectivity index (χ4n) is 3.44. The van der Waals surface area contributed by atoms with Crippen LogP contribution in [-0.4, -0.2) is 53.1 Å². The van der Waals surface area contributed by atoms with Gasteiger partial charge in [-0.05, 0) is 36.8 Å². The summed E-state index contributed by atoms with van der Waals surface area (Å²) in [6.45, 7) is 2.99. The van der Waals surface area contributed by atoms with Crippen molar-refractivity contribution in [2.24, 2.45) is 0 Å². The monoisotopic (exact) mass is 334 g/mol. The molecule has 23 heavy (non-hydrogen) atoms. The lowest BCUT2D eigenvalue weighted by molar-refractivity contribution is -0.146. The first-order chi connectivity index (χ1) is 11.0. The minimum atomic E-state index is -0.0303. The highest BCUT2D eigenvalue weighted by Crippen LogP contribution is 2.25. The lowest BCUT2D eigenvalue weighted by Gasteiger charge is -2.37. The summed E-state index contributed by atoms with van der Waals surface area (Å²) < 4.78 is 0. The van der Waals surface area contributed by atoms with Crippen LogP contribution >= 0.6 is 11.3 Å². The summed E-state index contributed by atoms with van der Waals surface area (Å²) in [6, 6.07) is 2.16. The molecule has 0 unspecified atom stereocenters. The smallest absolute Gasteiger partial charge is 0.242 e. The molecule has 1 saturated carbocycles. The van der Waals surface area contributed by atoms with E-state index in [-0.39, 0.29) is 30.6 Å². The number of Topliss-reactive ketones (excluding diaryl/α,β-unsaturated/α-hetero) is 1. The van der Waals surface area contributed by atoms with Gasteiger partial charge >= 0.3 is 0 Å². The fraction of sp³-hybridized carbons (Fsp3) is 0.588. The van der Waals surface area contributed by atoms with Gasteiger partial charge in [-0.2, -0.15) is 0 Å². The molecule has 0 radical (unpaired) electrons. The van der Waals surface area contributed by atoms with Gasteiger partial charge in [0.2, 0.25) is 11.8 Å². The van der Waals surface area contributed by atoms with E-state index in [1.54, 1.807) is 11.0 Å². The van der Waals surface area contributed by atoms with Crippen LogP contribution in [-0.2, 0) is 16.0 Å². The van der Waals surface area contributed by atoms with Crippen LogP contribution in [0, 0.1) is 0 Å². The van der Waals surface area contributed by atoms with E-state index in [9.17, 15) is 14.4 Å². The maximum atomic E-state index is 12.4. The highest BCUT2D eigenvalue weighted by atomic mass is 32.1. The number of piperazine rings is 1. The molecule has 1 aromatic rings. The second kappa shape index (κ2) is 6.83. The fourth-order valence-corrected chi connectivity index (χ4v) is 4.26. The van der Waals surface area contributed by atoms with Gasteiger partial charge in [-0.1, -0.05) is 12.8 Å². The zero-order valence-electron chi connectivity index (χ0n) is 13.4. The van der Waals surface area contributed by atoms with Crippen molar-refractivity contribution in [2.75, 3.05) is 19.6 Å². The zero-order chi connectivity index (χ0) is 16.4. The van der Waals surface area contributed by atoms with Crippen molar-refractivity contribution >= 4 is 28.9 Å². The molecule has 0 spiro atoms. The molecule has 0 atom stereocenters. The highest BCUT2D eigenvalue weighted by Gasteiger charge is 2.32. The van der Waals surface area contributed by atoms with Gasteiger partial charge in [0.15, 0.2) is 5.78 Å². The van der Waals surface area contributed by atoms with E-state index in [0.717, 1.165) is 18.4 Å². The molecule has 0 bridgehead atoms. The molecule has 2 aliphatic rings. The molecule has 2 heterocycles. The van der Waals surface area contributed by atoms with Gasteiger partial charge in [0.1, 0.15) is 0 Å². The Bertz CT molecular complexity index is 619. The summed E-state index contributed by atoms with van der Waals surface area (Å²) >= 11 is 1.37. The summed E-state index contributed by atoms with van der Waals surface area (Å²) in [5.74, 6) is 0.0672. The molecular weight excluding hydrogens is 312 g/mol. The Morgan fingerprint density at radius 3 is 2.61 bits per heavy atom. The van der Waals surface area contributed by atoms with Crippen LogP contribution in [0.15, 0.2) is 11.4 Å². The SMILES string of the molecule is CC(=O)c1cc(CC(=O)N2CCN(C3CCCC3)C(=O)C2)cs1. The van der Waals surface area contributed by atoms with Crippen LogP contribution in [0.4, 0.5) is 0 Å². The van der Waals surface area contributed by atoms with E-state index in [1.807, 2.05) is 10.3 Å². The molecule has 2 fully saturated rings. The summed E-state index contributed by atoms with van der Waals surface area (Å²) in [6.07, 6.45) is 4.87. The van der Waals surface area contributed by atoms with Crippen molar-refractivity contribution in [3.05, 3.63) is 21.9 Å². The number of carbonyl (C=O) groups excluding carboxylic acids is 3. The third-order valence-electron chi connectivity index (χ3n) is 4.73. The predicted octanol–water partition coefficient (Wildman–Crippen LogP) is 2.11. The number of rotatable bonds is 4. The van der Waals surface area contributed by atoms with E-state index in [0.29, 0.717) is 24.0 Å². The van der Waals surface area contributed by atoms with Crippen molar-refractivity contribution in [2.45, 2.75) is 45.1 Å². The van der Waals surface area contributed by atoms with Crippen LogP contribution in [0.25, 0.3) is 0 Å². The molecule has 1 saturated heterocycles. The van der Waals surface area contributed by atoms with Crippen molar-refractivity contribution in [3.8, 4) is 0 Å². The standard InChI is InChI=1S/C17H22N2O3S/c1-12(20)15-8-13(11-23-15)9-16(21)18-6-7-19(17(22)10-18)14-4-2-3-5-14/h8,11,14H,2-7,9-10H2,1H3. The Balaban J connectivity index is 1.56. The second-order valence-corrected chi connectivity index (χ2v) is 7.30. The van der Waals surface area contributed by atoms with Gasteiger partial charge in [-0.15, -0.1) is 11.3 Å². The molecule has 5 nitrogen and oxygen atoms in total. The van der Waals surface area contributed by atoms with Gasteiger partial charge in [0.25, 0.3) is 0 Å². The van der Waals surface area contributed by atoms with Crippen LogP contribution in [0.3, 0.4) is 0 Å². The van der Waals surface area contributed by atoms with E-state index in [4.69, 9.17) is 0 Å². The van der Waals surface area contributed by atoms with Crippen LogP contribution in [0.5, 0.6) is 0 Å². The normalized spacial score (nSPS) is 19.4. The van der Waals surface area contributed by atoms with Crippen molar-refractivity contribution in [3.63, 3.8) is 0 Å². The average Bonchev–Trinajstić information content (AvgIpc) is 3.18. The lowest BCUT2D eigenvalue weighted by atomic mass is 10.1. The van der Waals surface area contributed by atoms with E-state index >= 15 is 0 Å². The van der Waals surface area contributed by atoms with Crippen molar-refractivity contribution < 1.29 is 14.4 Å². The number of thiophene rings is 1. The first-order valence-electron chi connectivity index (χ1n) is 8.20. The summed E-state index contributed by atoms with van der Waals surface area (Å²) in [7, 11) is 0. The molecule has 1 aliphatic carbocycles. The maximum absolute atomic E-state index is 12.4. The van der Waals surface area contributed by atoms with Crippen molar-refractivity contribution in [1.82, 2.24) is 9.80 Å². The summed E-state index contributed by atoms with van der Waals surface area (Å²) in [4.78, 5) is 40.3. The minimum absolute atomic E-state index is 0.0223. The number of nitrogens with zero attached hydrogens (tertiary/aromatic N) is 2. The van der Waals surface area contributed by atoms with Gasteiger partial charge in [-0.3, -0.25) is 14.4 Å². The second-order valence-electron chi connectivity index (χ2n) is 6.39. The zero-order valence-corrected chi connectivity index (χ0v) is 14.2. The summed E-state index contributed by atoms with van der Waals surface area (Å²) in [5, 5.41) is 1.85. The molecule has 0 aromatic carbocycles.